The molecule has 21 heavy (non-hydrogen) atoms. The van der Waals surface area contributed by atoms with Crippen LogP contribution < -0.4 is 5.73 Å². The lowest BCUT2D eigenvalue weighted by atomic mass is 9.97. The van der Waals surface area contributed by atoms with Gasteiger partial charge in [0.2, 0.25) is 0 Å². The topological polar surface area (TPSA) is 84.9 Å². The zero-order valence-electron chi connectivity index (χ0n) is 11.7. The van der Waals surface area contributed by atoms with Gasteiger partial charge < -0.3 is 15.7 Å². The van der Waals surface area contributed by atoms with E-state index in [-0.39, 0.29) is 23.8 Å². The molecule has 2 rings (SSSR count). The molecule has 0 saturated carbocycles. The molecule has 0 aromatic heterocycles. The second kappa shape index (κ2) is 6.39. The summed E-state index contributed by atoms with van der Waals surface area (Å²) in [4.78, 5) is 11.4. The van der Waals surface area contributed by atoms with Gasteiger partial charge in [0.15, 0.2) is 5.84 Å². The lowest BCUT2D eigenvalue weighted by Crippen LogP contribution is -2.18. The number of hydrogen-bond acceptors (Lipinski definition) is 4. The van der Waals surface area contributed by atoms with E-state index in [1.807, 2.05) is 6.08 Å². The van der Waals surface area contributed by atoms with Gasteiger partial charge in [-0.15, -0.1) is 0 Å². The Morgan fingerprint density at radius 2 is 2.29 bits per heavy atom. The number of allylic oxidation sites excluding steroid dienone is 2. The Hall–Kier alpha value is -2.37. The van der Waals surface area contributed by atoms with Crippen molar-refractivity contribution in [2.24, 2.45) is 10.9 Å². The monoisotopic (exact) mass is 292 g/mol. The predicted molar refractivity (Wildman–Crippen MR) is 76.5 cm³/mol. The van der Waals surface area contributed by atoms with Crippen LogP contribution in [0.25, 0.3) is 5.57 Å². The van der Waals surface area contributed by atoms with Crippen LogP contribution in [0.15, 0.2) is 23.4 Å². The van der Waals surface area contributed by atoms with Gasteiger partial charge in [0.05, 0.1) is 12.2 Å². The first kappa shape index (κ1) is 15.0. The van der Waals surface area contributed by atoms with E-state index in [1.165, 1.54) is 6.07 Å². The molecule has 1 aliphatic rings. The number of amidine groups is 1. The van der Waals surface area contributed by atoms with Crippen molar-refractivity contribution in [1.82, 2.24) is 0 Å². The number of nitrogens with two attached hydrogens (primary N) is 1. The van der Waals surface area contributed by atoms with E-state index in [0.29, 0.717) is 25.0 Å². The molecule has 5 nitrogen and oxygen atoms in total. The van der Waals surface area contributed by atoms with Crippen molar-refractivity contribution in [3.05, 3.63) is 40.7 Å². The number of hydrogen-bond donors (Lipinski definition) is 2. The quantitative estimate of drug-likeness (QED) is 0.286. The maximum Gasteiger partial charge on any atom is 0.306 e. The molecule has 0 fully saturated rings. The van der Waals surface area contributed by atoms with Gasteiger partial charge in [-0.25, -0.2) is 4.39 Å². The van der Waals surface area contributed by atoms with Crippen LogP contribution in [0.4, 0.5) is 4.39 Å². The van der Waals surface area contributed by atoms with E-state index >= 15 is 0 Å². The average molecular weight is 292 g/mol. The van der Waals surface area contributed by atoms with Crippen LogP contribution in [0.2, 0.25) is 0 Å². The van der Waals surface area contributed by atoms with Crippen LogP contribution in [-0.4, -0.2) is 23.6 Å². The molecular weight excluding hydrogens is 275 g/mol. The van der Waals surface area contributed by atoms with E-state index in [2.05, 4.69) is 5.16 Å². The van der Waals surface area contributed by atoms with E-state index in [9.17, 15) is 9.18 Å². The minimum atomic E-state index is -0.524. The molecule has 6 heteroatoms. The van der Waals surface area contributed by atoms with E-state index in [4.69, 9.17) is 15.7 Å². The summed E-state index contributed by atoms with van der Waals surface area (Å²) in [5.41, 5.74) is 8.13. The predicted octanol–water partition coefficient (Wildman–Crippen LogP) is 2.20. The van der Waals surface area contributed by atoms with E-state index in [0.717, 1.165) is 11.1 Å². The summed E-state index contributed by atoms with van der Waals surface area (Å²) in [5, 5.41) is 11.6. The molecule has 0 amide bonds. The number of halogens is 1. The Morgan fingerprint density at radius 1 is 1.52 bits per heavy atom. The van der Waals surface area contributed by atoms with Gasteiger partial charge in [0.1, 0.15) is 5.82 Å². The maximum absolute atomic E-state index is 13.9. The molecule has 112 valence electrons. The van der Waals surface area contributed by atoms with Gasteiger partial charge in [-0.1, -0.05) is 17.3 Å². The van der Waals surface area contributed by atoms with Gasteiger partial charge >= 0.3 is 5.97 Å². The summed E-state index contributed by atoms with van der Waals surface area (Å²) in [7, 11) is 0. The first-order chi connectivity index (χ1) is 10.1. The number of ether oxygens (including phenoxy) is 1. The van der Waals surface area contributed by atoms with Gasteiger partial charge in [-0.05, 0) is 42.5 Å². The third-order valence-electron chi connectivity index (χ3n) is 3.43. The number of carbonyl (C=O) groups is 1. The van der Waals surface area contributed by atoms with Crippen molar-refractivity contribution in [2.45, 2.75) is 26.2 Å². The van der Waals surface area contributed by atoms with Crippen molar-refractivity contribution >= 4 is 17.4 Å². The minimum Gasteiger partial charge on any atom is -0.466 e. The highest BCUT2D eigenvalue weighted by molar-refractivity contribution is 6.00. The summed E-state index contributed by atoms with van der Waals surface area (Å²) in [5.74, 6) is -1.03. The molecule has 1 aromatic carbocycles. The van der Waals surface area contributed by atoms with Crippen molar-refractivity contribution in [3.8, 4) is 0 Å². The number of carbonyl (C=O) groups excluding carboxylic acids is 1. The third-order valence-corrected chi connectivity index (χ3v) is 3.43. The molecule has 1 aliphatic carbocycles. The van der Waals surface area contributed by atoms with Crippen molar-refractivity contribution < 1.29 is 19.1 Å². The van der Waals surface area contributed by atoms with Crippen LogP contribution in [0.1, 0.15) is 36.5 Å². The molecule has 0 spiro atoms. The van der Waals surface area contributed by atoms with Crippen molar-refractivity contribution in [2.75, 3.05) is 6.61 Å². The summed E-state index contributed by atoms with van der Waals surface area (Å²) < 4.78 is 18.7. The summed E-state index contributed by atoms with van der Waals surface area (Å²) in [6, 6.07) is 2.94. The van der Waals surface area contributed by atoms with Crippen LogP contribution in [-0.2, 0) is 16.0 Å². The highest BCUT2D eigenvalue weighted by Crippen LogP contribution is 2.34. The Morgan fingerprint density at radius 3 is 2.95 bits per heavy atom. The van der Waals surface area contributed by atoms with Crippen molar-refractivity contribution in [1.29, 1.82) is 0 Å². The molecule has 0 atom stereocenters. The first-order valence-corrected chi connectivity index (χ1v) is 6.72. The molecule has 0 heterocycles. The molecule has 0 aliphatic heterocycles. The summed E-state index contributed by atoms with van der Waals surface area (Å²) in [6.45, 7) is 2.11. The normalized spacial score (nSPS) is 13.8. The summed E-state index contributed by atoms with van der Waals surface area (Å²) >= 11 is 0. The third kappa shape index (κ3) is 3.04. The second-order valence-corrected chi connectivity index (χ2v) is 4.67. The fourth-order valence-electron chi connectivity index (χ4n) is 2.50. The highest BCUT2D eigenvalue weighted by Gasteiger charge is 2.22. The van der Waals surface area contributed by atoms with Gasteiger partial charge in [0, 0.05) is 6.42 Å². The SMILES string of the molecule is CCOC(=O)CCC1=CCc2c1ccc(F)c2/C(N)=N\O. The van der Waals surface area contributed by atoms with E-state index < -0.39 is 5.82 Å². The molecule has 0 saturated heterocycles. The molecule has 0 unspecified atom stereocenters. The van der Waals surface area contributed by atoms with Crippen LogP contribution in [0.3, 0.4) is 0 Å². The van der Waals surface area contributed by atoms with Crippen molar-refractivity contribution in [3.63, 3.8) is 0 Å². The zero-order valence-corrected chi connectivity index (χ0v) is 11.7. The largest absolute Gasteiger partial charge is 0.466 e. The Balaban J connectivity index is 2.22. The Labute approximate surface area is 121 Å². The van der Waals surface area contributed by atoms with Crippen LogP contribution in [0.5, 0.6) is 0 Å². The summed E-state index contributed by atoms with van der Waals surface area (Å²) in [6.07, 6.45) is 3.22. The highest BCUT2D eigenvalue weighted by atomic mass is 19.1. The fraction of sp³-hybridized carbons (Fsp3) is 0.333. The molecule has 0 radical (unpaired) electrons. The standard InChI is InChI=1S/C15H17FN2O3/c1-2-21-13(19)8-4-9-3-5-11-10(9)6-7-12(16)14(11)15(17)18-20/h3,6-7,20H,2,4-5,8H2,1H3,(H2,17,18). The molecule has 0 bridgehead atoms. The number of oxime groups is 1. The van der Waals surface area contributed by atoms with E-state index in [1.54, 1.807) is 13.0 Å². The Bertz CT molecular complexity index is 624. The zero-order chi connectivity index (χ0) is 15.4. The lowest BCUT2D eigenvalue weighted by molar-refractivity contribution is -0.142. The maximum atomic E-state index is 13.9. The average Bonchev–Trinajstić information content (AvgIpc) is 2.87. The first-order valence-electron chi connectivity index (χ1n) is 6.72. The number of esters is 1. The van der Waals surface area contributed by atoms with Gasteiger partial charge in [0.25, 0.3) is 0 Å². The smallest absolute Gasteiger partial charge is 0.306 e. The second-order valence-electron chi connectivity index (χ2n) is 4.67. The minimum absolute atomic E-state index is 0.123. The number of fused-ring (bicyclic) bond motifs is 1. The molecule has 3 N–H and O–H groups in total. The fourth-order valence-corrected chi connectivity index (χ4v) is 2.50. The molecular formula is C15H17FN2O3. The molecule has 1 aromatic rings. The lowest BCUT2D eigenvalue weighted by Gasteiger charge is -2.10. The Kier molecular flexibility index (Phi) is 4.57. The number of rotatable bonds is 5. The van der Waals surface area contributed by atoms with Crippen LogP contribution >= 0.6 is 0 Å². The van der Waals surface area contributed by atoms with Gasteiger partial charge in [-0.3, -0.25) is 4.79 Å². The van der Waals surface area contributed by atoms with Crippen LogP contribution in [0, 0.1) is 5.82 Å². The van der Waals surface area contributed by atoms with Gasteiger partial charge in [-0.2, -0.15) is 0 Å². The number of benzene rings is 1. The number of nitrogens with zero attached hydrogens (tertiary/aromatic N) is 1.